The lowest BCUT2D eigenvalue weighted by molar-refractivity contribution is -0.115. The van der Waals surface area contributed by atoms with Crippen LogP contribution in [0.3, 0.4) is 0 Å². The fraction of sp³-hybridized carbons (Fsp3) is 0.174. The average molecular weight is 491 g/mol. The number of benzene rings is 3. The van der Waals surface area contributed by atoms with Gasteiger partial charge in [-0.05, 0) is 68.4 Å². The van der Waals surface area contributed by atoms with Crippen molar-refractivity contribution in [2.24, 2.45) is 0 Å². The summed E-state index contributed by atoms with van der Waals surface area (Å²) >= 11 is 7.46. The molecule has 32 heavy (non-hydrogen) atoms. The molecular weight excluding hydrogens is 468 g/mol. The van der Waals surface area contributed by atoms with E-state index in [1.165, 1.54) is 18.9 Å². The first-order valence-electron chi connectivity index (χ1n) is 9.68. The van der Waals surface area contributed by atoms with Crippen LogP contribution in [0.5, 0.6) is 5.75 Å². The number of carbonyl (C=O) groups excluding carboxylic acids is 1. The molecule has 0 saturated carbocycles. The molecule has 168 valence electrons. The van der Waals surface area contributed by atoms with Gasteiger partial charge in [0.15, 0.2) is 0 Å². The van der Waals surface area contributed by atoms with Gasteiger partial charge >= 0.3 is 0 Å². The highest BCUT2D eigenvalue weighted by Gasteiger charge is 2.17. The molecule has 1 amide bonds. The zero-order valence-corrected chi connectivity index (χ0v) is 20.1. The van der Waals surface area contributed by atoms with E-state index in [0.29, 0.717) is 22.1 Å². The second kappa shape index (κ2) is 10.3. The van der Waals surface area contributed by atoms with Crippen molar-refractivity contribution in [3.05, 3.63) is 77.3 Å². The SMILES string of the molecule is COc1ccc(NC(=O)C(C)Sc2ccc(NS(=O)(=O)c3ccc(C)cc3)cc2)cc1Cl. The number of hydrogen-bond acceptors (Lipinski definition) is 5. The molecule has 9 heteroatoms. The second-order valence-electron chi connectivity index (χ2n) is 7.04. The van der Waals surface area contributed by atoms with Gasteiger partial charge in [-0.2, -0.15) is 0 Å². The number of anilines is 2. The minimum Gasteiger partial charge on any atom is -0.495 e. The molecule has 0 fully saturated rings. The number of nitrogens with one attached hydrogen (secondary N) is 2. The van der Waals surface area contributed by atoms with Gasteiger partial charge in [0.05, 0.1) is 22.3 Å². The smallest absolute Gasteiger partial charge is 0.261 e. The van der Waals surface area contributed by atoms with Crippen LogP contribution in [0, 0.1) is 6.92 Å². The van der Waals surface area contributed by atoms with Crippen LogP contribution in [0.25, 0.3) is 0 Å². The molecule has 0 radical (unpaired) electrons. The highest BCUT2D eigenvalue weighted by Crippen LogP contribution is 2.29. The Kier molecular flexibility index (Phi) is 7.71. The lowest BCUT2D eigenvalue weighted by Gasteiger charge is -2.13. The van der Waals surface area contributed by atoms with Gasteiger partial charge in [0.1, 0.15) is 5.75 Å². The molecule has 0 aliphatic rings. The van der Waals surface area contributed by atoms with Gasteiger partial charge < -0.3 is 10.1 Å². The first-order valence-corrected chi connectivity index (χ1v) is 12.4. The van der Waals surface area contributed by atoms with Crippen molar-refractivity contribution < 1.29 is 17.9 Å². The number of methoxy groups -OCH3 is 1. The number of amides is 1. The van der Waals surface area contributed by atoms with E-state index >= 15 is 0 Å². The first kappa shape index (κ1) is 24.0. The van der Waals surface area contributed by atoms with Crippen molar-refractivity contribution in [2.75, 3.05) is 17.1 Å². The lowest BCUT2D eigenvalue weighted by atomic mass is 10.2. The van der Waals surface area contributed by atoms with Crippen LogP contribution < -0.4 is 14.8 Å². The van der Waals surface area contributed by atoms with E-state index in [1.807, 2.05) is 6.92 Å². The van der Waals surface area contributed by atoms with Gasteiger partial charge in [0, 0.05) is 16.3 Å². The largest absolute Gasteiger partial charge is 0.495 e. The highest BCUT2D eigenvalue weighted by atomic mass is 35.5. The predicted octanol–water partition coefficient (Wildman–Crippen LogP) is 5.58. The van der Waals surface area contributed by atoms with Crippen LogP contribution in [0.15, 0.2) is 76.5 Å². The Morgan fingerprint density at radius 1 is 1.00 bits per heavy atom. The number of rotatable bonds is 8. The number of ether oxygens (including phenoxy) is 1. The van der Waals surface area contributed by atoms with E-state index in [4.69, 9.17) is 16.3 Å². The first-order chi connectivity index (χ1) is 15.2. The standard InChI is InChI=1S/C23H23ClN2O4S2/c1-15-4-11-20(12-5-15)32(28,29)26-17-6-9-19(10-7-17)31-16(2)23(27)25-18-8-13-22(30-3)21(24)14-18/h4-14,16,26H,1-3H3,(H,25,27). The monoisotopic (exact) mass is 490 g/mol. The summed E-state index contributed by atoms with van der Waals surface area (Å²) in [6.07, 6.45) is 0. The minimum absolute atomic E-state index is 0.180. The third-order valence-electron chi connectivity index (χ3n) is 4.54. The molecule has 6 nitrogen and oxygen atoms in total. The number of aryl methyl sites for hydroxylation is 1. The fourth-order valence-electron chi connectivity index (χ4n) is 2.78. The maximum atomic E-state index is 12.5. The van der Waals surface area contributed by atoms with Gasteiger partial charge in [-0.15, -0.1) is 11.8 Å². The molecule has 0 heterocycles. The summed E-state index contributed by atoms with van der Waals surface area (Å²) in [4.78, 5) is 13.6. The quantitative estimate of drug-likeness (QED) is 0.403. The maximum Gasteiger partial charge on any atom is 0.261 e. The number of sulfonamides is 1. The Labute approximate surface area is 197 Å². The van der Waals surface area contributed by atoms with Gasteiger partial charge in [-0.3, -0.25) is 9.52 Å². The maximum absolute atomic E-state index is 12.5. The third-order valence-corrected chi connectivity index (χ3v) is 7.34. The molecule has 0 spiro atoms. The van der Waals surface area contributed by atoms with Crippen molar-refractivity contribution in [3.63, 3.8) is 0 Å². The van der Waals surface area contributed by atoms with Crippen molar-refractivity contribution in [3.8, 4) is 5.75 Å². The van der Waals surface area contributed by atoms with Gasteiger partial charge in [0.25, 0.3) is 10.0 Å². The van der Waals surface area contributed by atoms with E-state index < -0.39 is 10.0 Å². The topological polar surface area (TPSA) is 84.5 Å². The highest BCUT2D eigenvalue weighted by molar-refractivity contribution is 8.00. The minimum atomic E-state index is -3.66. The average Bonchev–Trinajstić information content (AvgIpc) is 2.75. The molecule has 0 aliphatic carbocycles. The second-order valence-corrected chi connectivity index (χ2v) is 10.5. The number of thioether (sulfide) groups is 1. The van der Waals surface area contributed by atoms with Gasteiger partial charge in [-0.1, -0.05) is 29.3 Å². The Morgan fingerprint density at radius 3 is 2.22 bits per heavy atom. The Bertz CT molecular complexity index is 1200. The zero-order chi connectivity index (χ0) is 23.3. The van der Waals surface area contributed by atoms with Gasteiger partial charge in [0.2, 0.25) is 5.91 Å². The van der Waals surface area contributed by atoms with E-state index in [2.05, 4.69) is 10.0 Å². The summed E-state index contributed by atoms with van der Waals surface area (Å²) < 4.78 is 32.7. The zero-order valence-electron chi connectivity index (χ0n) is 17.8. The molecule has 1 unspecified atom stereocenters. The Hall–Kier alpha value is -2.68. The Morgan fingerprint density at radius 2 is 1.62 bits per heavy atom. The van der Waals surface area contributed by atoms with Gasteiger partial charge in [-0.25, -0.2) is 8.42 Å². The van der Waals surface area contributed by atoms with Crippen molar-refractivity contribution in [1.29, 1.82) is 0 Å². The van der Waals surface area contributed by atoms with Crippen molar-refractivity contribution in [2.45, 2.75) is 28.9 Å². The van der Waals surface area contributed by atoms with Crippen LogP contribution in [-0.2, 0) is 14.8 Å². The molecule has 0 aromatic heterocycles. The van der Waals surface area contributed by atoms with E-state index in [9.17, 15) is 13.2 Å². The molecular formula is C23H23ClN2O4S2. The number of carbonyl (C=O) groups is 1. The van der Waals surface area contributed by atoms with Crippen LogP contribution in [0.4, 0.5) is 11.4 Å². The number of hydrogen-bond donors (Lipinski definition) is 2. The van der Waals surface area contributed by atoms with Crippen LogP contribution in [-0.4, -0.2) is 26.7 Å². The molecule has 3 rings (SSSR count). The summed E-state index contributed by atoms with van der Waals surface area (Å²) in [7, 11) is -2.14. The summed E-state index contributed by atoms with van der Waals surface area (Å²) in [6, 6.07) is 18.5. The molecule has 1 atom stereocenters. The molecule has 0 aliphatic heterocycles. The van der Waals surface area contributed by atoms with Crippen LogP contribution in [0.1, 0.15) is 12.5 Å². The third kappa shape index (κ3) is 6.18. The fourth-order valence-corrected chi connectivity index (χ4v) is 4.96. The summed E-state index contributed by atoms with van der Waals surface area (Å²) in [5.74, 6) is 0.352. The van der Waals surface area contributed by atoms with E-state index in [0.717, 1.165) is 10.5 Å². The molecule has 0 saturated heterocycles. The summed E-state index contributed by atoms with van der Waals surface area (Å²) in [6.45, 7) is 3.69. The normalized spacial score (nSPS) is 12.1. The summed E-state index contributed by atoms with van der Waals surface area (Å²) in [5.41, 5.74) is 2.01. The molecule has 3 aromatic carbocycles. The van der Waals surface area contributed by atoms with Crippen molar-refractivity contribution >= 4 is 50.7 Å². The van der Waals surface area contributed by atoms with Crippen LogP contribution >= 0.6 is 23.4 Å². The lowest BCUT2D eigenvalue weighted by Crippen LogP contribution is -2.22. The summed E-state index contributed by atoms with van der Waals surface area (Å²) in [5, 5.41) is 2.86. The van der Waals surface area contributed by atoms with E-state index in [1.54, 1.807) is 73.7 Å². The van der Waals surface area contributed by atoms with Crippen molar-refractivity contribution in [1.82, 2.24) is 0 Å². The number of halogens is 1. The molecule has 3 aromatic rings. The molecule has 0 bridgehead atoms. The Balaban J connectivity index is 1.60. The predicted molar refractivity (Wildman–Crippen MR) is 130 cm³/mol. The molecule has 2 N–H and O–H groups in total. The van der Waals surface area contributed by atoms with Crippen LogP contribution in [0.2, 0.25) is 5.02 Å². The van der Waals surface area contributed by atoms with E-state index in [-0.39, 0.29) is 16.1 Å².